The molecular formula is C30H33NO7. The van der Waals surface area contributed by atoms with E-state index in [9.17, 15) is 14.4 Å². The summed E-state index contributed by atoms with van der Waals surface area (Å²) >= 11 is 0. The molecule has 0 radical (unpaired) electrons. The van der Waals surface area contributed by atoms with E-state index in [-0.39, 0.29) is 19.0 Å². The topological polar surface area (TPSA) is 100 Å². The predicted molar refractivity (Wildman–Crippen MR) is 141 cm³/mol. The van der Waals surface area contributed by atoms with Crippen molar-refractivity contribution in [2.75, 3.05) is 27.4 Å². The number of rotatable bonds is 8. The molecule has 0 unspecified atom stereocenters. The van der Waals surface area contributed by atoms with Gasteiger partial charge in [0.2, 0.25) is 0 Å². The summed E-state index contributed by atoms with van der Waals surface area (Å²) in [4.78, 5) is 40.8. The molecule has 0 saturated heterocycles. The third-order valence-corrected chi connectivity index (χ3v) is 7.03. The van der Waals surface area contributed by atoms with Gasteiger partial charge in [-0.15, -0.1) is 0 Å². The number of carbonyl (C=O) groups is 3. The first kappa shape index (κ1) is 27.0. The first-order valence-corrected chi connectivity index (χ1v) is 12.7. The molecule has 0 saturated carbocycles. The number of carbonyl (C=O) groups excluding carboxylic acids is 3. The van der Waals surface area contributed by atoms with Gasteiger partial charge in [0.25, 0.3) is 0 Å². The average molecular weight is 520 g/mol. The Morgan fingerprint density at radius 3 is 2.24 bits per heavy atom. The van der Waals surface area contributed by atoms with E-state index in [1.807, 2.05) is 36.4 Å². The van der Waals surface area contributed by atoms with Gasteiger partial charge in [-0.05, 0) is 62.6 Å². The van der Waals surface area contributed by atoms with Crippen molar-refractivity contribution in [3.05, 3.63) is 82.2 Å². The molecule has 1 heterocycles. The summed E-state index contributed by atoms with van der Waals surface area (Å²) in [7, 11) is 3.14. The summed E-state index contributed by atoms with van der Waals surface area (Å²) < 4.78 is 21.5. The Kier molecular flexibility index (Phi) is 8.20. The van der Waals surface area contributed by atoms with Crippen LogP contribution in [0.25, 0.3) is 0 Å². The second-order valence-corrected chi connectivity index (χ2v) is 9.16. The van der Waals surface area contributed by atoms with Gasteiger partial charge in [0.1, 0.15) is 17.4 Å². The fraction of sp³-hybridized carbons (Fsp3) is 0.367. The summed E-state index contributed by atoms with van der Waals surface area (Å²) in [6.45, 7) is 5.58. The number of nitrogens with one attached hydrogen (secondary N) is 1. The van der Waals surface area contributed by atoms with Gasteiger partial charge in [0.15, 0.2) is 5.78 Å². The summed E-state index contributed by atoms with van der Waals surface area (Å²) in [5.74, 6) is -2.48. The zero-order valence-corrected chi connectivity index (χ0v) is 22.3. The highest BCUT2D eigenvalue weighted by atomic mass is 16.5. The van der Waals surface area contributed by atoms with E-state index >= 15 is 0 Å². The first-order valence-electron chi connectivity index (χ1n) is 12.7. The quantitative estimate of drug-likeness (QED) is 0.404. The standard InChI is InChI=1S/C30H33NO7/c1-6-37-29(33)24-17(3)31-23-16-22(18-11-13-20(35-4)14-12-18)26(30(34)38-7-2)28(32)27(23)25(24)19-9-8-10-21(15-19)36-5/h8-15,22,25-26,31H,6-7,16H2,1-5H3/t22-,25+,26+/m0/s1. The smallest absolute Gasteiger partial charge is 0.336 e. The Bertz CT molecular complexity index is 1290. The molecule has 2 aromatic carbocycles. The molecule has 1 aliphatic carbocycles. The number of allylic oxidation sites excluding steroid dienone is 3. The van der Waals surface area contributed by atoms with Gasteiger partial charge in [-0.25, -0.2) is 4.79 Å². The number of hydrogen-bond donors (Lipinski definition) is 1. The molecule has 200 valence electrons. The summed E-state index contributed by atoms with van der Waals surface area (Å²) in [6, 6.07) is 14.6. The maximum atomic E-state index is 14.3. The van der Waals surface area contributed by atoms with Crippen LogP contribution >= 0.6 is 0 Å². The van der Waals surface area contributed by atoms with E-state index in [1.165, 1.54) is 0 Å². The molecule has 1 N–H and O–H groups in total. The Balaban J connectivity index is 1.89. The second-order valence-electron chi connectivity index (χ2n) is 9.16. The van der Waals surface area contributed by atoms with Crippen LogP contribution in [-0.4, -0.2) is 45.2 Å². The van der Waals surface area contributed by atoms with E-state index in [0.29, 0.717) is 46.0 Å². The van der Waals surface area contributed by atoms with Gasteiger partial charge in [-0.3, -0.25) is 9.59 Å². The van der Waals surface area contributed by atoms with Crippen LogP contribution in [0.2, 0.25) is 0 Å². The van der Waals surface area contributed by atoms with Crippen molar-refractivity contribution >= 4 is 17.7 Å². The van der Waals surface area contributed by atoms with Gasteiger partial charge in [0.05, 0.1) is 33.0 Å². The van der Waals surface area contributed by atoms with Crippen molar-refractivity contribution in [2.24, 2.45) is 5.92 Å². The van der Waals surface area contributed by atoms with Crippen molar-refractivity contribution < 1.29 is 33.3 Å². The molecule has 4 rings (SSSR count). The molecule has 3 atom stereocenters. The molecule has 8 nitrogen and oxygen atoms in total. The van der Waals surface area contributed by atoms with Crippen molar-refractivity contribution in [3.8, 4) is 11.5 Å². The molecule has 0 fully saturated rings. The number of Topliss-reactive ketones (excluding diaryl/α,β-unsaturated/α-hetero) is 1. The molecule has 0 spiro atoms. The zero-order valence-electron chi connectivity index (χ0n) is 22.3. The van der Waals surface area contributed by atoms with Gasteiger partial charge in [0, 0.05) is 28.8 Å². The minimum atomic E-state index is -1.07. The summed E-state index contributed by atoms with van der Waals surface area (Å²) in [5, 5.41) is 3.31. The van der Waals surface area contributed by atoms with Crippen molar-refractivity contribution in [2.45, 2.75) is 39.0 Å². The Labute approximate surface area is 222 Å². The Morgan fingerprint density at radius 1 is 0.921 bits per heavy atom. The maximum Gasteiger partial charge on any atom is 0.336 e. The van der Waals surface area contributed by atoms with Crippen LogP contribution < -0.4 is 14.8 Å². The largest absolute Gasteiger partial charge is 0.497 e. The van der Waals surface area contributed by atoms with Crippen molar-refractivity contribution in [3.63, 3.8) is 0 Å². The summed E-state index contributed by atoms with van der Waals surface area (Å²) in [5.41, 5.74) is 3.49. The Hall–Kier alpha value is -4.07. The fourth-order valence-corrected chi connectivity index (χ4v) is 5.34. The molecule has 2 aromatic rings. The lowest BCUT2D eigenvalue weighted by atomic mass is 9.67. The number of hydrogen-bond acceptors (Lipinski definition) is 8. The van der Waals surface area contributed by atoms with Crippen LogP contribution in [0.4, 0.5) is 0 Å². The summed E-state index contributed by atoms with van der Waals surface area (Å²) in [6.07, 6.45) is 0.380. The van der Waals surface area contributed by atoms with Crippen molar-refractivity contribution in [1.29, 1.82) is 0 Å². The number of dihydropyridines is 1. The Morgan fingerprint density at radius 2 is 1.61 bits per heavy atom. The molecular weight excluding hydrogens is 486 g/mol. The van der Waals surface area contributed by atoms with Crippen molar-refractivity contribution in [1.82, 2.24) is 5.32 Å². The van der Waals surface area contributed by atoms with Crippen LogP contribution in [0.3, 0.4) is 0 Å². The molecule has 0 aromatic heterocycles. The number of ketones is 1. The van der Waals surface area contributed by atoms with Gasteiger partial charge >= 0.3 is 11.9 Å². The highest BCUT2D eigenvalue weighted by Crippen LogP contribution is 2.48. The van der Waals surface area contributed by atoms with E-state index in [0.717, 1.165) is 5.56 Å². The van der Waals surface area contributed by atoms with Crippen LogP contribution in [0, 0.1) is 5.92 Å². The number of benzene rings is 2. The highest BCUT2D eigenvalue weighted by molar-refractivity contribution is 6.13. The zero-order chi connectivity index (χ0) is 27.4. The lowest BCUT2D eigenvalue weighted by Crippen LogP contribution is -2.43. The molecule has 0 bridgehead atoms. The van der Waals surface area contributed by atoms with Crippen LogP contribution in [0.1, 0.15) is 50.2 Å². The third-order valence-electron chi connectivity index (χ3n) is 7.03. The molecule has 38 heavy (non-hydrogen) atoms. The van der Waals surface area contributed by atoms with Crippen LogP contribution in [0.5, 0.6) is 11.5 Å². The van der Waals surface area contributed by atoms with E-state index < -0.39 is 29.7 Å². The molecule has 0 amide bonds. The number of ether oxygens (including phenoxy) is 4. The SMILES string of the molecule is CCOC(=O)C1=C(C)NC2=C(C(=O)[C@H](C(=O)OCC)[C@H](c3ccc(OC)cc3)C2)[C@@H]1c1cccc(OC)c1. The molecule has 2 aliphatic rings. The van der Waals surface area contributed by atoms with Gasteiger partial charge < -0.3 is 24.3 Å². The molecule has 8 heteroatoms. The second kappa shape index (κ2) is 11.5. The monoisotopic (exact) mass is 519 g/mol. The van der Waals surface area contributed by atoms with E-state index in [2.05, 4.69) is 5.32 Å². The van der Waals surface area contributed by atoms with Gasteiger partial charge in [-0.1, -0.05) is 24.3 Å². The minimum Gasteiger partial charge on any atom is -0.497 e. The van der Waals surface area contributed by atoms with Gasteiger partial charge in [-0.2, -0.15) is 0 Å². The predicted octanol–water partition coefficient (Wildman–Crippen LogP) is 4.42. The number of methoxy groups -OCH3 is 2. The van der Waals surface area contributed by atoms with E-state index in [4.69, 9.17) is 18.9 Å². The van der Waals surface area contributed by atoms with E-state index in [1.54, 1.807) is 47.1 Å². The lowest BCUT2D eigenvalue weighted by Gasteiger charge is -2.39. The first-order chi connectivity index (χ1) is 18.3. The number of esters is 2. The highest BCUT2D eigenvalue weighted by Gasteiger charge is 2.49. The molecule has 1 aliphatic heterocycles. The maximum absolute atomic E-state index is 14.3. The normalized spacial score (nSPS) is 20.9. The van der Waals surface area contributed by atoms with Crippen LogP contribution in [-0.2, 0) is 23.9 Å². The minimum absolute atomic E-state index is 0.147. The lowest BCUT2D eigenvalue weighted by molar-refractivity contribution is -0.152. The fourth-order valence-electron chi connectivity index (χ4n) is 5.34. The average Bonchev–Trinajstić information content (AvgIpc) is 2.92. The third kappa shape index (κ3) is 5.03. The van der Waals surface area contributed by atoms with Crippen LogP contribution in [0.15, 0.2) is 71.1 Å².